The molecule has 0 unspecified atom stereocenters. The van der Waals surface area contributed by atoms with Gasteiger partial charge >= 0.3 is 0 Å². The number of rotatable bonds is 2. The molecule has 0 N–H and O–H groups in total. The maximum Gasteiger partial charge on any atom is 0.168 e. The highest BCUT2D eigenvalue weighted by Crippen LogP contribution is 2.29. The molecule has 0 aromatic heterocycles. The summed E-state index contributed by atoms with van der Waals surface area (Å²) in [5.74, 6) is -2.28. The van der Waals surface area contributed by atoms with E-state index < -0.39 is 28.0 Å². The first kappa shape index (κ1) is 9.92. The first-order chi connectivity index (χ1) is 6.11. The lowest BCUT2D eigenvalue weighted by atomic mass is 10.2. The van der Waals surface area contributed by atoms with Crippen molar-refractivity contribution < 1.29 is 18.3 Å². The molecule has 0 saturated heterocycles. The van der Waals surface area contributed by atoms with Gasteiger partial charge in [0.2, 0.25) is 0 Å². The fourth-order valence-corrected chi connectivity index (χ4v) is 1.11. The van der Waals surface area contributed by atoms with Crippen LogP contribution in [0.2, 0.25) is 5.02 Å². The molecule has 1 aromatic rings. The molecule has 0 fully saturated rings. The van der Waals surface area contributed by atoms with E-state index in [4.69, 9.17) is 11.6 Å². The van der Waals surface area contributed by atoms with Crippen LogP contribution >= 0.6 is 11.6 Å². The second-order valence-corrected chi connectivity index (χ2v) is 2.63. The van der Waals surface area contributed by atoms with Gasteiger partial charge in [-0.3, -0.25) is 4.79 Å². The van der Waals surface area contributed by atoms with Gasteiger partial charge in [-0.25, -0.2) is 8.78 Å². The summed E-state index contributed by atoms with van der Waals surface area (Å²) >= 11 is 5.30. The molecule has 2 nitrogen and oxygen atoms in total. The lowest BCUT2D eigenvalue weighted by Gasteiger charge is -2.06. The van der Waals surface area contributed by atoms with E-state index in [1.54, 1.807) is 0 Å². The molecule has 5 heteroatoms. The SMILES string of the molecule is COc1c(F)cc(Cl)c(F)c1C=O. The largest absolute Gasteiger partial charge is 0.493 e. The van der Waals surface area contributed by atoms with Crippen molar-refractivity contribution in [1.82, 2.24) is 0 Å². The summed E-state index contributed by atoms with van der Waals surface area (Å²) in [5, 5.41) is -0.444. The van der Waals surface area contributed by atoms with Gasteiger partial charge in [0.15, 0.2) is 23.7 Å². The predicted molar refractivity (Wildman–Crippen MR) is 43.3 cm³/mol. The molecule has 70 valence electrons. The minimum atomic E-state index is -0.977. The molecular formula is C8H5ClF2O2. The Bertz CT molecular complexity index is 352. The van der Waals surface area contributed by atoms with Crippen LogP contribution in [0.15, 0.2) is 6.07 Å². The van der Waals surface area contributed by atoms with E-state index in [9.17, 15) is 13.6 Å². The van der Waals surface area contributed by atoms with Crippen LogP contribution in [0.25, 0.3) is 0 Å². The summed E-state index contributed by atoms with van der Waals surface area (Å²) in [4.78, 5) is 10.4. The van der Waals surface area contributed by atoms with Crippen LogP contribution in [0.4, 0.5) is 8.78 Å². The second kappa shape index (κ2) is 3.70. The quantitative estimate of drug-likeness (QED) is 0.549. The number of halogens is 3. The van der Waals surface area contributed by atoms with Gasteiger partial charge in [-0.1, -0.05) is 11.6 Å². The number of carbonyl (C=O) groups is 1. The summed E-state index contributed by atoms with van der Waals surface area (Å²) in [7, 11) is 1.14. The fourth-order valence-electron chi connectivity index (χ4n) is 0.910. The molecule has 0 aliphatic carbocycles. The van der Waals surface area contributed by atoms with Crippen molar-refractivity contribution in [2.24, 2.45) is 0 Å². The number of carbonyl (C=O) groups excluding carboxylic acids is 1. The Kier molecular flexibility index (Phi) is 2.83. The molecule has 0 aliphatic heterocycles. The third-order valence-electron chi connectivity index (χ3n) is 1.48. The minimum Gasteiger partial charge on any atom is -0.493 e. The third-order valence-corrected chi connectivity index (χ3v) is 1.76. The number of hydrogen-bond acceptors (Lipinski definition) is 2. The highest BCUT2D eigenvalue weighted by molar-refractivity contribution is 6.31. The van der Waals surface area contributed by atoms with E-state index in [1.165, 1.54) is 0 Å². The van der Waals surface area contributed by atoms with Crippen LogP contribution < -0.4 is 4.74 Å². The van der Waals surface area contributed by atoms with Gasteiger partial charge in [0, 0.05) is 0 Å². The summed E-state index contributed by atoms with van der Waals surface area (Å²) in [6.07, 6.45) is 0.156. The summed E-state index contributed by atoms with van der Waals surface area (Å²) in [5.41, 5.74) is -0.507. The Morgan fingerprint density at radius 1 is 1.54 bits per heavy atom. The van der Waals surface area contributed by atoms with Crippen molar-refractivity contribution in [3.8, 4) is 5.75 Å². The van der Waals surface area contributed by atoms with Gasteiger partial charge in [0.25, 0.3) is 0 Å². The smallest absolute Gasteiger partial charge is 0.168 e. The molecule has 0 spiro atoms. The molecule has 0 aliphatic rings. The van der Waals surface area contributed by atoms with Crippen molar-refractivity contribution in [3.05, 3.63) is 28.3 Å². The maximum atomic E-state index is 13.0. The number of hydrogen-bond donors (Lipinski definition) is 0. The Morgan fingerprint density at radius 3 is 2.62 bits per heavy atom. The molecule has 0 heterocycles. The van der Waals surface area contributed by atoms with Crippen LogP contribution in [0.1, 0.15) is 10.4 Å². The van der Waals surface area contributed by atoms with Crippen molar-refractivity contribution in [3.63, 3.8) is 0 Å². The van der Waals surface area contributed by atoms with E-state index in [1.807, 2.05) is 0 Å². The van der Waals surface area contributed by atoms with Crippen LogP contribution in [0.5, 0.6) is 5.75 Å². The topological polar surface area (TPSA) is 26.3 Å². The Hall–Kier alpha value is -1.16. The molecule has 1 aromatic carbocycles. The van der Waals surface area contributed by atoms with Crippen LogP contribution in [-0.4, -0.2) is 13.4 Å². The fraction of sp³-hybridized carbons (Fsp3) is 0.125. The lowest BCUT2D eigenvalue weighted by molar-refractivity contribution is 0.111. The van der Waals surface area contributed by atoms with Crippen LogP contribution in [-0.2, 0) is 0 Å². The van der Waals surface area contributed by atoms with E-state index in [2.05, 4.69) is 4.74 Å². The summed E-state index contributed by atoms with van der Waals surface area (Å²) in [6, 6.07) is 0.753. The number of ether oxygens (including phenoxy) is 1. The van der Waals surface area contributed by atoms with Gasteiger partial charge in [-0.15, -0.1) is 0 Å². The Morgan fingerprint density at radius 2 is 2.15 bits per heavy atom. The van der Waals surface area contributed by atoms with E-state index >= 15 is 0 Å². The average molecular weight is 207 g/mol. The zero-order valence-corrected chi connectivity index (χ0v) is 7.36. The summed E-state index contributed by atoms with van der Waals surface area (Å²) in [6.45, 7) is 0. The molecule has 1 rings (SSSR count). The molecule has 0 bridgehead atoms. The van der Waals surface area contributed by atoms with Crippen molar-refractivity contribution >= 4 is 17.9 Å². The highest BCUT2D eigenvalue weighted by Gasteiger charge is 2.17. The average Bonchev–Trinajstić information content (AvgIpc) is 2.10. The summed E-state index contributed by atoms with van der Waals surface area (Å²) < 4.78 is 30.5. The molecule has 0 saturated carbocycles. The van der Waals surface area contributed by atoms with Gasteiger partial charge in [-0.05, 0) is 6.07 Å². The zero-order valence-electron chi connectivity index (χ0n) is 6.61. The third kappa shape index (κ3) is 1.62. The first-order valence-electron chi connectivity index (χ1n) is 3.28. The predicted octanol–water partition coefficient (Wildman–Crippen LogP) is 2.44. The molecular weight excluding hydrogens is 202 g/mol. The van der Waals surface area contributed by atoms with E-state index in [0.717, 1.165) is 13.2 Å². The van der Waals surface area contributed by atoms with Gasteiger partial charge in [-0.2, -0.15) is 0 Å². The van der Waals surface area contributed by atoms with Crippen molar-refractivity contribution in [1.29, 1.82) is 0 Å². The minimum absolute atomic E-state index is 0.156. The number of methoxy groups -OCH3 is 1. The Balaban J connectivity index is 3.50. The molecule has 0 radical (unpaired) electrons. The standard InChI is InChI=1S/C8H5ClF2O2/c1-13-8-4(3-12)7(11)5(9)2-6(8)10/h2-3H,1H3. The van der Waals surface area contributed by atoms with Crippen LogP contribution in [0.3, 0.4) is 0 Å². The van der Waals surface area contributed by atoms with Crippen molar-refractivity contribution in [2.45, 2.75) is 0 Å². The molecule has 0 amide bonds. The Labute approximate surface area is 78.1 Å². The second-order valence-electron chi connectivity index (χ2n) is 2.22. The van der Waals surface area contributed by atoms with E-state index in [0.29, 0.717) is 0 Å². The monoisotopic (exact) mass is 206 g/mol. The normalized spacial score (nSPS) is 9.85. The highest BCUT2D eigenvalue weighted by atomic mass is 35.5. The zero-order chi connectivity index (χ0) is 10.0. The lowest BCUT2D eigenvalue weighted by Crippen LogP contribution is -1.98. The van der Waals surface area contributed by atoms with Gasteiger partial charge in [0.05, 0.1) is 17.7 Å². The first-order valence-corrected chi connectivity index (χ1v) is 3.66. The van der Waals surface area contributed by atoms with Gasteiger partial charge < -0.3 is 4.74 Å². The van der Waals surface area contributed by atoms with Crippen LogP contribution in [0, 0.1) is 11.6 Å². The van der Waals surface area contributed by atoms with Gasteiger partial charge in [0.1, 0.15) is 0 Å². The molecule has 0 atom stereocenters. The molecule has 13 heavy (non-hydrogen) atoms. The maximum absolute atomic E-state index is 13.0. The van der Waals surface area contributed by atoms with E-state index in [-0.39, 0.29) is 6.29 Å². The number of benzene rings is 1. The van der Waals surface area contributed by atoms with Crippen molar-refractivity contribution in [2.75, 3.05) is 7.11 Å². The number of aldehydes is 1.